The fraction of sp³-hybridized carbons (Fsp3) is 0.294. The molecule has 1 heterocycles. The number of benzene rings is 2. The summed E-state index contributed by atoms with van der Waals surface area (Å²) in [6, 6.07) is 9.68. The zero-order valence-corrected chi connectivity index (χ0v) is 12.0. The molecule has 4 heteroatoms. The van der Waals surface area contributed by atoms with Gasteiger partial charge in [-0.1, -0.05) is 18.2 Å². The molecule has 1 N–H and O–H groups in total. The molecule has 2 aromatic rings. The maximum Gasteiger partial charge on any atom is 0.149 e. The van der Waals surface area contributed by atoms with Gasteiger partial charge >= 0.3 is 0 Å². The second-order valence-electron chi connectivity index (χ2n) is 5.93. The molecule has 3 rings (SSSR count). The highest BCUT2D eigenvalue weighted by Crippen LogP contribution is 2.35. The summed E-state index contributed by atoms with van der Waals surface area (Å²) in [5.74, 6) is -0.276. The number of anilines is 1. The molecule has 0 amide bonds. The lowest BCUT2D eigenvalue weighted by Gasteiger charge is -2.16. The van der Waals surface area contributed by atoms with Crippen molar-refractivity contribution >= 4 is 5.69 Å². The van der Waals surface area contributed by atoms with E-state index in [1.807, 2.05) is 32.0 Å². The Morgan fingerprint density at radius 2 is 1.86 bits per heavy atom. The third-order valence-electron chi connectivity index (χ3n) is 3.56. The monoisotopic (exact) mass is 289 g/mol. The number of para-hydroxylation sites is 1. The fourth-order valence-electron chi connectivity index (χ4n) is 2.63. The second kappa shape index (κ2) is 5.02. The predicted molar refractivity (Wildman–Crippen MR) is 78.5 cm³/mol. The van der Waals surface area contributed by atoms with Crippen molar-refractivity contribution in [3.8, 4) is 5.75 Å². The first-order valence-corrected chi connectivity index (χ1v) is 6.93. The molecule has 21 heavy (non-hydrogen) atoms. The molecule has 2 aromatic carbocycles. The lowest BCUT2D eigenvalue weighted by atomic mass is 10.0. The maximum absolute atomic E-state index is 13.6. The van der Waals surface area contributed by atoms with E-state index >= 15 is 0 Å². The summed E-state index contributed by atoms with van der Waals surface area (Å²) in [4.78, 5) is 0. The molecular weight excluding hydrogens is 272 g/mol. The van der Waals surface area contributed by atoms with Crippen LogP contribution in [0.25, 0.3) is 0 Å². The summed E-state index contributed by atoms with van der Waals surface area (Å²) in [6.07, 6.45) is 0.838. The summed E-state index contributed by atoms with van der Waals surface area (Å²) >= 11 is 0. The Hall–Kier alpha value is -2.10. The molecule has 1 aliphatic heterocycles. The van der Waals surface area contributed by atoms with Crippen molar-refractivity contribution in [2.45, 2.75) is 32.4 Å². The molecule has 0 bridgehead atoms. The van der Waals surface area contributed by atoms with Crippen LogP contribution in [0, 0.1) is 11.6 Å². The first kappa shape index (κ1) is 13.9. The van der Waals surface area contributed by atoms with Crippen LogP contribution in [0.15, 0.2) is 36.4 Å². The Bertz CT molecular complexity index is 662. The van der Waals surface area contributed by atoms with Crippen LogP contribution in [-0.2, 0) is 13.0 Å². The quantitative estimate of drug-likeness (QED) is 0.910. The minimum absolute atomic E-state index is 0.0884. The largest absolute Gasteiger partial charge is 0.487 e. The Morgan fingerprint density at radius 3 is 2.57 bits per heavy atom. The van der Waals surface area contributed by atoms with Crippen LogP contribution in [0.1, 0.15) is 25.0 Å². The van der Waals surface area contributed by atoms with Gasteiger partial charge < -0.3 is 10.1 Å². The van der Waals surface area contributed by atoms with Crippen molar-refractivity contribution in [2.75, 3.05) is 5.32 Å². The molecule has 0 saturated carbocycles. The van der Waals surface area contributed by atoms with E-state index in [-0.39, 0.29) is 11.3 Å². The summed E-state index contributed by atoms with van der Waals surface area (Å²) in [7, 11) is 0. The summed E-state index contributed by atoms with van der Waals surface area (Å²) in [5, 5.41) is 2.82. The number of halogens is 2. The van der Waals surface area contributed by atoms with Gasteiger partial charge in [-0.25, -0.2) is 8.78 Å². The van der Waals surface area contributed by atoms with Crippen LogP contribution in [0.4, 0.5) is 14.5 Å². The molecule has 0 saturated heterocycles. The van der Waals surface area contributed by atoms with E-state index in [9.17, 15) is 8.78 Å². The highest BCUT2D eigenvalue weighted by atomic mass is 19.1. The van der Waals surface area contributed by atoms with E-state index < -0.39 is 11.6 Å². The number of fused-ring (bicyclic) bond motifs is 1. The van der Waals surface area contributed by atoms with Crippen LogP contribution in [0.3, 0.4) is 0 Å². The molecule has 0 fully saturated rings. The average Bonchev–Trinajstić information content (AvgIpc) is 2.71. The number of hydrogen-bond acceptors (Lipinski definition) is 2. The van der Waals surface area contributed by atoms with Crippen LogP contribution in [0.2, 0.25) is 0 Å². The predicted octanol–water partition coefficient (Wildman–Crippen LogP) is 4.29. The molecule has 0 atom stereocenters. The van der Waals surface area contributed by atoms with E-state index in [1.165, 1.54) is 18.2 Å². The molecule has 0 spiro atoms. The number of nitrogens with one attached hydrogen (secondary N) is 1. The van der Waals surface area contributed by atoms with Crippen molar-refractivity contribution in [2.24, 2.45) is 0 Å². The SMILES string of the molecule is CC1(C)Cc2cc(CNc3c(F)cccc3F)ccc2O1. The molecule has 0 unspecified atom stereocenters. The summed E-state index contributed by atoms with van der Waals surface area (Å²) in [6.45, 7) is 4.45. The van der Waals surface area contributed by atoms with Crippen LogP contribution >= 0.6 is 0 Å². The molecule has 0 radical (unpaired) electrons. The Balaban J connectivity index is 1.76. The summed E-state index contributed by atoms with van der Waals surface area (Å²) < 4.78 is 32.9. The molecule has 110 valence electrons. The van der Waals surface area contributed by atoms with Crippen molar-refractivity contribution in [3.63, 3.8) is 0 Å². The number of rotatable bonds is 3. The van der Waals surface area contributed by atoms with Gasteiger partial charge in [0, 0.05) is 13.0 Å². The first-order chi connectivity index (χ1) is 9.94. The van der Waals surface area contributed by atoms with Gasteiger partial charge in [0.2, 0.25) is 0 Å². The van der Waals surface area contributed by atoms with Crippen molar-refractivity contribution in [1.29, 1.82) is 0 Å². The van der Waals surface area contributed by atoms with E-state index in [4.69, 9.17) is 4.74 Å². The zero-order chi connectivity index (χ0) is 15.0. The smallest absolute Gasteiger partial charge is 0.149 e. The Morgan fingerprint density at radius 1 is 1.14 bits per heavy atom. The second-order valence-corrected chi connectivity index (χ2v) is 5.93. The maximum atomic E-state index is 13.6. The first-order valence-electron chi connectivity index (χ1n) is 6.93. The standard InChI is InChI=1S/C17H17F2NO/c1-17(2)9-12-8-11(6-7-15(12)21-17)10-20-16-13(18)4-3-5-14(16)19/h3-8,20H,9-10H2,1-2H3. The molecule has 0 aromatic heterocycles. The Labute approximate surface area is 122 Å². The lowest BCUT2D eigenvalue weighted by molar-refractivity contribution is 0.138. The van der Waals surface area contributed by atoms with Crippen LogP contribution in [0.5, 0.6) is 5.75 Å². The fourth-order valence-corrected chi connectivity index (χ4v) is 2.63. The minimum atomic E-state index is -0.583. The van der Waals surface area contributed by atoms with E-state index in [1.54, 1.807) is 0 Å². The normalized spacial score (nSPS) is 15.4. The van der Waals surface area contributed by atoms with Gasteiger partial charge in [0.1, 0.15) is 28.7 Å². The minimum Gasteiger partial charge on any atom is -0.487 e. The van der Waals surface area contributed by atoms with Crippen LogP contribution in [-0.4, -0.2) is 5.60 Å². The van der Waals surface area contributed by atoms with Crippen molar-refractivity contribution < 1.29 is 13.5 Å². The Kier molecular flexibility index (Phi) is 3.32. The van der Waals surface area contributed by atoms with Gasteiger partial charge in [0.25, 0.3) is 0 Å². The highest BCUT2D eigenvalue weighted by Gasteiger charge is 2.29. The van der Waals surface area contributed by atoms with Gasteiger partial charge in [-0.05, 0) is 43.2 Å². The topological polar surface area (TPSA) is 21.3 Å². The van der Waals surface area contributed by atoms with Gasteiger partial charge in [0.05, 0.1) is 0 Å². The van der Waals surface area contributed by atoms with E-state index in [0.717, 1.165) is 23.3 Å². The van der Waals surface area contributed by atoms with Gasteiger partial charge in [-0.15, -0.1) is 0 Å². The van der Waals surface area contributed by atoms with E-state index in [0.29, 0.717) is 6.54 Å². The molecule has 1 aliphatic rings. The van der Waals surface area contributed by atoms with Crippen molar-refractivity contribution in [3.05, 3.63) is 59.2 Å². The van der Waals surface area contributed by atoms with Gasteiger partial charge in [-0.2, -0.15) is 0 Å². The molecule has 0 aliphatic carbocycles. The molecule has 2 nitrogen and oxygen atoms in total. The van der Waals surface area contributed by atoms with E-state index in [2.05, 4.69) is 5.32 Å². The lowest BCUT2D eigenvalue weighted by Crippen LogP contribution is -2.24. The third-order valence-corrected chi connectivity index (χ3v) is 3.56. The summed E-state index contributed by atoms with van der Waals surface area (Å²) in [5.41, 5.74) is 1.83. The zero-order valence-electron chi connectivity index (χ0n) is 12.0. The molecular formula is C17H17F2NO. The van der Waals surface area contributed by atoms with Crippen molar-refractivity contribution in [1.82, 2.24) is 0 Å². The van der Waals surface area contributed by atoms with Crippen LogP contribution < -0.4 is 10.1 Å². The number of ether oxygens (including phenoxy) is 1. The average molecular weight is 289 g/mol. The number of hydrogen-bond donors (Lipinski definition) is 1. The van der Waals surface area contributed by atoms with Gasteiger partial charge in [0.15, 0.2) is 0 Å². The highest BCUT2D eigenvalue weighted by molar-refractivity contribution is 5.48. The third kappa shape index (κ3) is 2.84. The van der Waals surface area contributed by atoms with Gasteiger partial charge in [-0.3, -0.25) is 0 Å².